The number of nitrogens with two attached hydrogens (primary N) is 1. The summed E-state index contributed by atoms with van der Waals surface area (Å²) in [6, 6.07) is 6.70. The molecular formula is C13H15BrN2O3. The number of morpholine rings is 1. The molecule has 2 rings (SSSR count). The number of ether oxygens (including phenoxy) is 1. The number of Topliss-reactive ketones (excluding diaryl/α,β-unsaturated/α-hetero) is 1. The van der Waals surface area contributed by atoms with Crippen LogP contribution in [0.15, 0.2) is 28.7 Å². The van der Waals surface area contributed by atoms with Gasteiger partial charge in [0.2, 0.25) is 5.91 Å². The van der Waals surface area contributed by atoms with Crippen molar-refractivity contribution in [2.24, 2.45) is 5.73 Å². The third-order valence-corrected chi connectivity index (χ3v) is 3.78. The summed E-state index contributed by atoms with van der Waals surface area (Å²) in [6.07, 6.45) is 0. The summed E-state index contributed by atoms with van der Waals surface area (Å²) in [6.45, 7) is 1.45. The zero-order valence-electron chi connectivity index (χ0n) is 10.3. The van der Waals surface area contributed by atoms with Crippen molar-refractivity contribution in [3.05, 3.63) is 34.3 Å². The van der Waals surface area contributed by atoms with Gasteiger partial charge in [0, 0.05) is 16.6 Å². The smallest absolute Gasteiger partial charge is 0.237 e. The second-order valence-electron chi connectivity index (χ2n) is 4.37. The number of rotatable bonds is 4. The minimum atomic E-state index is -0.528. The van der Waals surface area contributed by atoms with E-state index in [2.05, 4.69) is 15.9 Å². The molecule has 1 unspecified atom stereocenters. The number of hydrogen-bond donors (Lipinski definition) is 1. The SMILES string of the molecule is NC(=O)C1COCCN1CC(=O)c1ccccc1Br. The van der Waals surface area contributed by atoms with Gasteiger partial charge >= 0.3 is 0 Å². The third kappa shape index (κ3) is 3.40. The highest BCUT2D eigenvalue weighted by Crippen LogP contribution is 2.17. The van der Waals surface area contributed by atoms with E-state index in [9.17, 15) is 9.59 Å². The summed E-state index contributed by atoms with van der Waals surface area (Å²) in [5, 5.41) is 0. The quantitative estimate of drug-likeness (QED) is 0.831. The molecule has 102 valence electrons. The molecule has 2 N–H and O–H groups in total. The average molecular weight is 327 g/mol. The van der Waals surface area contributed by atoms with Gasteiger partial charge in [-0.2, -0.15) is 0 Å². The Morgan fingerprint density at radius 1 is 1.42 bits per heavy atom. The van der Waals surface area contributed by atoms with Crippen LogP contribution < -0.4 is 5.73 Å². The van der Waals surface area contributed by atoms with E-state index < -0.39 is 11.9 Å². The van der Waals surface area contributed by atoms with Crippen LogP contribution in [-0.4, -0.2) is 48.9 Å². The molecule has 1 aromatic rings. The zero-order valence-corrected chi connectivity index (χ0v) is 11.9. The number of hydrogen-bond acceptors (Lipinski definition) is 4. The number of nitrogens with zero attached hydrogens (tertiary/aromatic N) is 1. The molecule has 0 aliphatic carbocycles. The van der Waals surface area contributed by atoms with Crippen molar-refractivity contribution in [3.8, 4) is 0 Å². The van der Waals surface area contributed by atoms with Crippen molar-refractivity contribution in [2.75, 3.05) is 26.3 Å². The molecular weight excluding hydrogens is 312 g/mol. The van der Waals surface area contributed by atoms with Gasteiger partial charge in [-0.1, -0.05) is 34.1 Å². The third-order valence-electron chi connectivity index (χ3n) is 3.09. The molecule has 0 bridgehead atoms. The number of benzene rings is 1. The standard InChI is InChI=1S/C13H15BrN2O3/c14-10-4-2-1-3-9(10)12(17)7-16-5-6-19-8-11(16)13(15)18/h1-4,11H,5-8H2,(H2,15,18). The summed E-state index contributed by atoms with van der Waals surface area (Å²) in [4.78, 5) is 25.3. The van der Waals surface area contributed by atoms with Crippen LogP contribution in [0.25, 0.3) is 0 Å². The first kappa shape index (κ1) is 14.2. The van der Waals surface area contributed by atoms with E-state index in [1.54, 1.807) is 11.0 Å². The molecule has 1 aliphatic heterocycles. The van der Waals surface area contributed by atoms with Crippen molar-refractivity contribution in [1.29, 1.82) is 0 Å². The van der Waals surface area contributed by atoms with Crippen LogP contribution in [0, 0.1) is 0 Å². The molecule has 1 amide bonds. The molecule has 6 heteroatoms. The van der Waals surface area contributed by atoms with Crippen molar-refractivity contribution < 1.29 is 14.3 Å². The van der Waals surface area contributed by atoms with Gasteiger partial charge in [-0.3, -0.25) is 14.5 Å². The first-order valence-electron chi connectivity index (χ1n) is 5.98. The van der Waals surface area contributed by atoms with E-state index in [4.69, 9.17) is 10.5 Å². The maximum absolute atomic E-state index is 12.2. The summed E-state index contributed by atoms with van der Waals surface area (Å²) in [5.74, 6) is -0.500. The average Bonchev–Trinajstić information content (AvgIpc) is 2.39. The molecule has 1 atom stereocenters. The number of amides is 1. The van der Waals surface area contributed by atoms with E-state index in [0.29, 0.717) is 18.7 Å². The van der Waals surface area contributed by atoms with Gasteiger partial charge in [0.05, 0.1) is 19.8 Å². The van der Waals surface area contributed by atoms with Gasteiger partial charge in [0.25, 0.3) is 0 Å². The Balaban J connectivity index is 2.09. The molecule has 0 radical (unpaired) electrons. The second kappa shape index (κ2) is 6.27. The van der Waals surface area contributed by atoms with Gasteiger partial charge in [0.15, 0.2) is 5.78 Å². The first-order valence-corrected chi connectivity index (χ1v) is 6.77. The largest absolute Gasteiger partial charge is 0.378 e. The van der Waals surface area contributed by atoms with Gasteiger partial charge in [-0.15, -0.1) is 0 Å². The maximum Gasteiger partial charge on any atom is 0.237 e. The molecule has 1 fully saturated rings. The van der Waals surface area contributed by atoms with Crippen LogP contribution in [0.3, 0.4) is 0 Å². The molecule has 5 nitrogen and oxygen atoms in total. The van der Waals surface area contributed by atoms with E-state index in [1.165, 1.54) is 0 Å². The molecule has 1 heterocycles. The summed E-state index contributed by atoms with van der Waals surface area (Å²) >= 11 is 3.35. The zero-order chi connectivity index (χ0) is 13.8. The van der Waals surface area contributed by atoms with Crippen LogP contribution in [0.5, 0.6) is 0 Å². The fourth-order valence-electron chi connectivity index (χ4n) is 2.05. The van der Waals surface area contributed by atoms with Crippen molar-refractivity contribution >= 4 is 27.6 Å². The highest BCUT2D eigenvalue weighted by atomic mass is 79.9. The number of primary amides is 1. The molecule has 0 aromatic heterocycles. The monoisotopic (exact) mass is 326 g/mol. The fourth-order valence-corrected chi connectivity index (χ4v) is 2.55. The molecule has 0 saturated carbocycles. The molecule has 0 spiro atoms. The number of carbonyl (C=O) groups is 2. The Kier molecular flexibility index (Phi) is 4.68. The first-order chi connectivity index (χ1) is 9.09. The Morgan fingerprint density at radius 2 is 2.16 bits per heavy atom. The minimum absolute atomic E-state index is 0.0411. The van der Waals surface area contributed by atoms with E-state index >= 15 is 0 Å². The Hall–Kier alpha value is -1.24. The van der Waals surface area contributed by atoms with Gasteiger partial charge in [0.1, 0.15) is 6.04 Å². The Morgan fingerprint density at radius 3 is 2.84 bits per heavy atom. The lowest BCUT2D eigenvalue weighted by Crippen LogP contribution is -2.53. The van der Waals surface area contributed by atoms with Gasteiger partial charge in [-0.05, 0) is 6.07 Å². The Labute approximate surface area is 119 Å². The highest BCUT2D eigenvalue weighted by molar-refractivity contribution is 9.10. The lowest BCUT2D eigenvalue weighted by Gasteiger charge is -2.32. The predicted octanol–water partition coefficient (Wildman–Crippen LogP) is 0.818. The molecule has 1 aliphatic rings. The lowest BCUT2D eigenvalue weighted by atomic mass is 10.1. The fraction of sp³-hybridized carbons (Fsp3) is 0.385. The topological polar surface area (TPSA) is 72.6 Å². The lowest BCUT2D eigenvalue weighted by molar-refractivity contribution is -0.128. The van der Waals surface area contributed by atoms with Crippen LogP contribution in [0.2, 0.25) is 0 Å². The van der Waals surface area contributed by atoms with Crippen LogP contribution in [0.1, 0.15) is 10.4 Å². The van der Waals surface area contributed by atoms with Gasteiger partial charge < -0.3 is 10.5 Å². The number of ketones is 1. The molecule has 19 heavy (non-hydrogen) atoms. The van der Waals surface area contributed by atoms with Crippen LogP contribution in [0.4, 0.5) is 0 Å². The van der Waals surface area contributed by atoms with Crippen molar-refractivity contribution in [1.82, 2.24) is 4.90 Å². The minimum Gasteiger partial charge on any atom is -0.378 e. The summed E-state index contributed by atoms with van der Waals surface area (Å²) < 4.78 is 5.98. The van der Waals surface area contributed by atoms with Crippen molar-refractivity contribution in [3.63, 3.8) is 0 Å². The number of halogens is 1. The normalized spacial score (nSPS) is 20.2. The molecule has 1 aromatic carbocycles. The summed E-state index contributed by atoms with van der Waals surface area (Å²) in [7, 11) is 0. The van der Waals surface area contributed by atoms with Gasteiger partial charge in [-0.25, -0.2) is 0 Å². The van der Waals surface area contributed by atoms with Crippen LogP contribution in [-0.2, 0) is 9.53 Å². The van der Waals surface area contributed by atoms with E-state index in [1.807, 2.05) is 18.2 Å². The van der Waals surface area contributed by atoms with Crippen LogP contribution >= 0.6 is 15.9 Å². The maximum atomic E-state index is 12.2. The summed E-state index contributed by atoms with van der Waals surface area (Å²) in [5.41, 5.74) is 5.93. The second-order valence-corrected chi connectivity index (χ2v) is 5.22. The number of carbonyl (C=O) groups excluding carboxylic acids is 2. The van der Waals surface area contributed by atoms with E-state index in [0.717, 1.165) is 4.47 Å². The predicted molar refractivity (Wildman–Crippen MR) is 73.8 cm³/mol. The van der Waals surface area contributed by atoms with Crippen molar-refractivity contribution in [2.45, 2.75) is 6.04 Å². The molecule has 1 saturated heterocycles. The Bertz CT molecular complexity index is 493. The van der Waals surface area contributed by atoms with E-state index in [-0.39, 0.29) is 18.9 Å². The highest BCUT2D eigenvalue weighted by Gasteiger charge is 2.29.